The quantitative estimate of drug-likeness (QED) is 0.375. The van der Waals surface area contributed by atoms with E-state index >= 15 is 0 Å². The predicted molar refractivity (Wildman–Crippen MR) is 143 cm³/mol. The van der Waals surface area contributed by atoms with E-state index in [4.69, 9.17) is 14.5 Å². The van der Waals surface area contributed by atoms with Crippen molar-refractivity contribution in [2.24, 2.45) is 10.9 Å². The lowest BCUT2D eigenvalue weighted by Gasteiger charge is -2.32. The maximum absolute atomic E-state index is 13.6. The molecule has 2 aromatic carbocycles. The van der Waals surface area contributed by atoms with Gasteiger partial charge in [0.2, 0.25) is 5.88 Å². The van der Waals surface area contributed by atoms with E-state index in [1.165, 1.54) is 5.56 Å². The van der Waals surface area contributed by atoms with Gasteiger partial charge in [0.1, 0.15) is 12.5 Å². The van der Waals surface area contributed by atoms with Gasteiger partial charge >= 0.3 is 5.97 Å². The Hall–Kier alpha value is -4.02. The highest BCUT2D eigenvalue weighted by Crippen LogP contribution is 2.47. The molecular formula is C30H32N4O3. The molecule has 7 heteroatoms. The molecule has 2 atom stereocenters. The molecule has 0 bridgehead atoms. The molecule has 1 aromatic heterocycles. The smallest absolute Gasteiger partial charge is 0.315 e. The fourth-order valence-electron chi connectivity index (χ4n) is 4.70. The van der Waals surface area contributed by atoms with E-state index in [9.17, 15) is 10.1 Å². The van der Waals surface area contributed by atoms with Crippen molar-refractivity contribution >= 4 is 17.4 Å². The number of benzene rings is 2. The summed E-state index contributed by atoms with van der Waals surface area (Å²) in [4.78, 5) is 24.9. The van der Waals surface area contributed by atoms with Crippen LogP contribution in [0.2, 0.25) is 0 Å². The zero-order valence-corrected chi connectivity index (χ0v) is 21.7. The Morgan fingerprint density at radius 1 is 1.11 bits per heavy atom. The van der Waals surface area contributed by atoms with Crippen LogP contribution in [0.4, 0.5) is 5.69 Å². The number of likely N-dealkylation sites (N-methyl/N-ethyl adjacent to an activating group) is 1. The topological polar surface area (TPSA) is 87.8 Å². The summed E-state index contributed by atoms with van der Waals surface area (Å²) in [5.41, 5.74) is 4.44. The van der Waals surface area contributed by atoms with Gasteiger partial charge in [0, 0.05) is 36.5 Å². The monoisotopic (exact) mass is 496 g/mol. The van der Waals surface area contributed by atoms with Crippen molar-refractivity contribution in [2.45, 2.75) is 39.3 Å². The molecule has 1 aliphatic heterocycles. The number of esters is 1. The van der Waals surface area contributed by atoms with Crippen molar-refractivity contribution in [1.29, 1.82) is 5.26 Å². The number of fused-ring (bicyclic) bond motifs is 1. The summed E-state index contributed by atoms with van der Waals surface area (Å²) in [5, 5.41) is 9.88. The summed E-state index contributed by atoms with van der Waals surface area (Å²) in [6, 6.07) is 21.6. The van der Waals surface area contributed by atoms with E-state index in [1.807, 2.05) is 70.3 Å². The lowest BCUT2D eigenvalue weighted by molar-refractivity contribution is -0.146. The number of pyridine rings is 1. The zero-order chi connectivity index (χ0) is 26.4. The molecule has 4 rings (SSSR count). The molecule has 2 heterocycles. The third-order valence-electron chi connectivity index (χ3n) is 6.35. The Bertz CT molecular complexity index is 1310. The molecule has 0 aliphatic carbocycles. The summed E-state index contributed by atoms with van der Waals surface area (Å²) in [6.07, 6.45) is 1.53. The highest BCUT2D eigenvalue weighted by molar-refractivity contribution is 6.05. The Morgan fingerprint density at radius 2 is 1.84 bits per heavy atom. The maximum atomic E-state index is 13.6. The number of rotatable bonds is 9. The maximum Gasteiger partial charge on any atom is 0.315 e. The van der Waals surface area contributed by atoms with E-state index < -0.39 is 11.8 Å². The average Bonchev–Trinajstić information content (AvgIpc) is 2.88. The fraction of sp³-hybridized carbons (Fsp3) is 0.333. The Morgan fingerprint density at radius 3 is 2.57 bits per heavy atom. The van der Waals surface area contributed by atoms with E-state index in [0.717, 1.165) is 12.1 Å². The number of ether oxygens (including phenoxy) is 2. The summed E-state index contributed by atoms with van der Waals surface area (Å²) < 4.78 is 11.9. The highest BCUT2D eigenvalue weighted by atomic mass is 16.5. The molecule has 0 spiro atoms. The van der Waals surface area contributed by atoms with Crippen LogP contribution < -0.4 is 4.74 Å². The van der Waals surface area contributed by atoms with Crippen LogP contribution in [0.3, 0.4) is 0 Å². The van der Waals surface area contributed by atoms with Crippen LogP contribution in [-0.2, 0) is 16.1 Å². The zero-order valence-electron chi connectivity index (χ0n) is 21.7. The van der Waals surface area contributed by atoms with Gasteiger partial charge in [-0.3, -0.25) is 14.7 Å². The molecule has 1 aliphatic rings. The average molecular weight is 497 g/mol. The Labute approximate surface area is 218 Å². The molecule has 0 fully saturated rings. The minimum Gasteiger partial charge on any atom is -0.475 e. The summed E-state index contributed by atoms with van der Waals surface area (Å²) in [6.45, 7) is 7.27. The minimum absolute atomic E-state index is 0.122. The van der Waals surface area contributed by atoms with Gasteiger partial charge < -0.3 is 9.47 Å². The van der Waals surface area contributed by atoms with Gasteiger partial charge in [0.05, 0.1) is 23.4 Å². The van der Waals surface area contributed by atoms with Crippen molar-refractivity contribution in [3.05, 3.63) is 89.1 Å². The second kappa shape index (κ2) is 11.8. The first-order chi connectivity index (χ1) is 17.9. The van der Waals surface area contributed by atoms with Crippen molar-refractivity contribution in [2.75, 3.05) is 20.2 Å². The lowest BCUT2D eigenvalue weighted by Crippen LogP contribution is -2.35. The number of carbonyl (C=O) groups is 1. The number of aromatic nitrogens is 1. The number of aliphatic imine (C=N–C) groups is 1. The fourth-order valence-corrected chi connectivity index (χ4v) is 4.70. The number of hydrogen-bond donors (Lipinski definition) is 0. The van der Waals surface area contributed by atoms with Gasteiger partial charge in [0.15, 0.2) is 0 Å². The van der Waals surface area contributed by atoms with Crippen LogP contribution in [-0.4, -0.2) is 47.9 Å². The molecule has 0 saturated heterocycles. The largest absolute Gasteiger partial charge is 0.475 e. The lowest BCUT2D eigenvalue weighted by atomic mass is 9.75. The SMILES string of the molecule is CC1=Nc2ccnc(OC(C)C)c2C(c2ccccc2C#N)C1C(=O)OCCN(C)Cc1ccccc1. The number of hydrogen-bond acceptors (Lipinski definition) is 7. The first-order valence-corrected chi connectivity index (χ1v) is 12.5. The van der Waals surface area contributed by atoms with E-state index in [1.54, 1.807) is 12.3 Å². The van der Waals surface area contributed by atoms with E-state index in [0.29, 0.717) is 35.0 Å². The molecule has 37 heavy (non-hydrogen) atoms. The third-order valence-corrected chi connectivity index (χ3v) is 6.35. The van der Waals surface area contributed by atoms with Gasteiger partial charge in [-0.05, 0) is 51.1 Å². The molecule has 0 radical (unpaired) electrons. The normalized spacial score (nSPS) is 16.6. The van der Waals surface area contributed by atoms with Crippen LogP contribution in [0.25, 0.3) is 0 Å². The van der Waals surface area contributed by atoms with Crippen molar-refractivity contribution in [3.8, 4) is 11.9 Å². The molecule has 0 N–H and O–H groups in total. The highest BCUT2D eigenvalue weighted by Gasteiger charge is 2.42. The van der Waals surface area contributed by atoms with E-state index in [-0.39, 0.29) is 18.7 Å². The molecule has 0 amide bonds. The summed E-state index contributed by atoms with van der Waals surface area (Å²) >= 11 is 0. The van der Waals surface area contributed by atoms with Gasteiger partial charge in [-0.25, -0.2) is 4.98 Å². The molecule has 2 unspecified atom stereocenters. The molecule has 7 nitrogen and oxygen atoms in total. The van der Waals surface area contributed by atoms with Crippen molar-refractivity contribution in [1.82, 2.24) is 9.88 Å². The van der Waals surface area contributed by atoms with Gasteiger partial charge in [0.25, 0.3) is 0 Å². The van der Waals surface area contributed by atoms with Crippen molar-refractivity contribution < 1.29 is 14.3 Å². The number of carbonyl (C=O) groups excluding carboxylic acids is 1. The Kier molecular flexibility index (Phi) is 8.32. The van der Waals surface area contributed by atoms with Crippen LogP contribution >= 0.6 is 0 Å². The predicted octanol–water partition coefficient (Wildman–Crippen LogP) is 5.27. The van der Waals surface area contributed by atoms with Crippen LogP contribution in [0, 0.1) is 17.2 Å². The molecule has 0 saturated carbocycles. The molecule has 190 valence electrons. The Balaban J connectivity index is 1.63. The van der Waals surface area contributed by atoms with Gasteiger partial charge in [-0.2, -0.15) is 5.26 Å². The molecular weight excluding hydrogens is 464 g/mol. The van der Waals surface area contributed by atoms with Crippen LogP contribution in [0.15, 0.2) is 71.9 Å². The number of nitriles is 1. The van der Waals surface area contributed by atoms with Crippen LogP contribution in [0.5, 0.6) is 5.88 Å². The second-order valence-corrected chi connectivity index (χ2v) is 9.51. The standard InChI is InChI=1S/C30H32N4O3/c1-20(2)37-29-28-25(14-15-32-29)33-21(3)26(27(28)24-13-9-8-12-23(24)18-31)30(35)36-17-16-34(4)19-22-10-6-5-7-11-22/h5-15,20,26-27H,16-17,19H2,1-4H3. The van der Waals surface area contributed by atoms with Crippen molar-refractivity contribution in [3.63, 3.8) is 0 Å². The van der Waals surface area contributed by atoms with Crippen LogP contribution in [0.1, 0.15) is 48.9 Å². The summed E-state index contributed by atoms with van der Waals surface area (Å²) in [5.74, 6) is -1.18. The number of nitrogens with zero attached hydrogens (tertiary/aromatic N) is 4. The van der Waals surface area contributed by atoms with Gasteiger partial charge in [-0.15, -0.1) is 0 Å². The first kappa shape index (κ1) is 26.1. The summed E-state index contributed by atoms with van der Waals surface area (Å²) in [7, 11) is 2.00. The molecule has 3 aromatic rings. The van der Waals surface area contributed by atoms with Gasteiger partial charge in [-0.1, -0.05) is 48.5 Å². The second-order valence-electron chi connectivity index (χ2n) is 9.51. The first-order valence-electron chi connectivity index (χ1n) is 12.5. The van der Waals surface area contributed by atoms with E-state index in [2.05, 4.69) is 28.1 Å². The third kappa shape index (κ3) is 6.04. The minimum atomic E-state index is -0.708.